The topological polar surface area (TPSA) is 12.0 Å². The Labute approximate surface area is 134 Å². The molecular weight excluding hydrogens is 299 g/mol. The summed E-state index contributed by atoms with van der Waals surface area (Å²) in [5.41, 5.74) is 3.10. The molecule has 1 aliphatic heterocycles. The first-order valence-corrected chi connectivity index (χ1v) is 8.03. The van der Waals surface area contributed by atoms with Crippen molar-refractivity contribution in [1.82, 2.24) is 0 Å². The van der Waals surface area contributed by atoms with E-state index in [-0.39, 0.29) is 6.04 Å². The van der Waals surface area contributed by atoms with Gasteiger partial charge in [-0.25, -0.2) is 0 Å². The standard InChI is InChI=1S/C19H20F3N/c1-2-3-6-13-9-10-17-14(11-13)12-18(23-17)15-7-4-5-8-16(15)19(20,21)22/h4-5,7-11,18,23H,2-3,6,12H2,1H3. The van der Waals surface area contributed by atoms with Gasteiger partial charge in [0.15, 0.2) is 0 Å². The van der Waals surface area contributed by atoms with Crippen molar-refractivity contribution in [3.05, 3.63) is 64.7 Å². The number of unbranched alkanes of at least 4 members (excludes halogenated alkanes) is 1. The van der Waals surface area contributed by atoms with Crippen molar-refractivity contribution < 1.29 is 13.2 Å². The lowest BCUT2D eigenvalue weighted by Gasteiger charge is -2.18. The zero-order valence-corrected chi connectivity index (χ0v) is 13.1. The molecule has 3 rings (SSSR count). The molecule has 122 valence electrons. The number of rotatable bonds is 4. The van der Waals surface area contributed by atoms with Gasteiger partial charge in [-0.05, 0) is 48.1 Å². The SMILES string of the molecule is CCCCc1ccc2c(c1)CC(c1ccccc1C(F)(F)F)N2. The van der Waals surface area contributed by atoms with Gasteiger partial charge in [0.05, 0.1) is 11.6 Å². The molecule has 1 nitrogen and oxygen atoms in total. The Morgan fingerprint density at radius 2 is 1.91 bits per heavy atom. The van der Waals surface area contributed by atoms with Crippen LogP contribution in [-0.4, -0.2) is 0 Å². The molecule has 23 heavy (non-hydrogen) atoms. The lowest BCUT2D eigenvalue weighted by atomic mass is 9.96. The van der Waals surface area contributed by atoms with Crippen LogP contribution >= 0.6 is 0 Å². The zero-order valence-electron chi connectivity index (χ0n) is 13.1. The van der Waals surface area contributed by atoms with Crippen LogP contribution < -0.4 is 5.32 Å². The lowest BCUT2D eigenvalue weighted by molar-refractivity contribution is -0.138. The number of nitrogens with one attached hydrogen (secondary N) is 1. The largest absolute Gasteiger partial charge is 0.416 e. The molecule has 0 bridgehead atoms. The van der Waals surface area contributed by atoms with Gasteiger partial charge in [-0.15, -0.1) is 0 Å². The van der Waals surface area contributed by atoms with Gasteiger partial charge in [-0.1, -0.05) is 43.7 Å². The van der Waals surface area contributed by atoms with Crippen LogP contribution in [-0.2, 0) is 19.0 Å². The number of aryl methyl sites for hydroxylation is 1. The Morgan fingerprint density at radius 3 is 2.65 bits per heavy atom. The van der Waals surface area contributed by atoms with E-state index < -0.39 is 11.7 Å². The van der Waals surface area contributed by atoms with Crippen LogP contribution in [0.2, 0.25) is 0 Å². The summed E-state index contributed by atoms with van der Waals surface area (Å²) >= 11 is 0. The highest BCUT2D eigenvalue weighted by atomic mass is 19.4. The van der Waals surface area contributed by atoms with Crippen molar-refractivity contribution >= 4 is 5.69 Å². The van der Waals surface area contributed by atoms with E-state index in [1.165, 1.54) is 11.6 Å². The maximum Gasteiger partial charge on any atom is 0.416 e. The number of anilines is 1. The van der Waals surface area contributed by atoms with Gasteiger partial charge in [0.1, 0.15) is 0 Å². The number of hydrogen-bond acceptors (Lipinski definition) is 1. The minimum Gasteiger partial charge on any atom is -0.378 e. The van der Waals surface area contributed by atoms with Crippen molar-refractivity contribution in [2.24, 2.45) is 0 Å². The number of alkyl halides is 3. The third-order valence-electron chi connectivity index (χ3n) is 4.38. The third kappa shape index (κ3) is 3.36. The van der Waals surface area contributed by atoms with E-state index in [0.717, 1.165) is 36.6 Å². The Kier molecular flexibility index (Phi) is 4.33. The van der Waals surface area contributed by atoms with E-state index in [9.17, 15) is 13.2 Å². The van der Waals surface area contributed by atoms with Crippen LogP contribution in [0.4, 0.5) is 18.9 Å². The molecule has 1 unspecified atom stereocenters. The molecule has 1 aliphatic rings. The summed E-state index contributed by atoms with van der Waals surface area (Å²) in [7, 11) is 0. The van der Waals surface area contributed by atoms with Crippen molar-refractivity contribution in [1.29, 1.82) is 0 Å². The highest BCUT2D eigenvalue weighted by molar-refractivity contribution is 5.60. The summed E-state index contributed by atoms with van der Waals surface area (Å²) in [6, 6.07) is 11.7. The molecule has 1 N–H and O–H groups in total. The summed E-state index contributed by atoms with van der Waals surface area (Å²) in [4.78, 5) is 0. The second-order valence-corrected chi connectivity index (χ2v) is 6.08. The van der Waals surface area contributed by atoms with Crippen LogP contribution in [0.25, 0.3) is 0 Å². The Bertz CT molecular complexity index is 691. The molecule has 2 aromatic rings. The first kappa shape index (κ1) is 15.9. The van der Waals surface area contributed by atoms with Gasteiger partial charge < -0.3 is 5.32 Å². The van der Waals surface area contributed by atoms with Crippen molar-refractivity contribution in [2.75, 3.05) is 5.32 Å². The summed E-state index contributed by atoms with van der Waals surface area (Å²) in [5.74, 6) is 0. The van der Waals surface area contributed by atoms with E-state index in [1.807, 2.05) is 6.07 Å². The van der Waals surface area contributed by atoms with Crippen molar-refractivity contribution in [3.8, 4) is 0 Å². The molecule has 0 saturated heterocycles. The molecule has 0 aliphatic carbocycles. The van der Waals surface area contributed by atoms with E-state index in [0.29, 0.717) is 12.0 Å². The second kappa shape index (κ2) is 6.26. The summed E-state index contributed by atoms with van der Waals surface area (Å²) in [6.07, 6.45) is -0.432. The van der Waals surface area contributed by atoms with E-state index in [1.54, 1.807) is 12.1 Å². The van der Waals surface area contributed by atoms with Gasteiger partial charge in [0.25, 0.3) is 0 Å². The predicted octanol–water partition coefficient (Wildman–Crippen LogP) is 5.76. The predicted molar refractivity (Wildman–Crippen MR) is 86.6 cm³/mol. The lowest BCUT2D eigenvalue weighted by Crippen LogP contribution is -2.15. The first-order valence-electron chi connectivity index (χ1n) is 8.03. The highest BCUT2D eigenvalue weighted by Gasteiger charge is 2.36. The van der Waals surface area contributed by atoms with Gasteiger partial charge in [-0.3, -0.25) is 0 Å². The van der Waals surface area contributed by atoms with Gasteiger partial charge >= 0.3 is 6.18 Å². The van der Waals surface area contributed by atoms with Crippen LogP contribution in [0.5, 0.6) is 0 Å². The quantitative estimate of drug-likeness (QED) is 0.756. The molecule has 0 saturated carbocycles. The van der Waals surface area contributed by atoms with E-state index in [4.69, 9.17) is 0 Å². The molecule has 0 spiro atoms. The van der Waals surface area contributed by atoms with Gasteiger partial charge in [-0.2, -0.15) is 13.2 Å². The number of benzene rings is 2. The van der Waals surface area contributed by atoms with E-state index in [2.05, 4.69) is 24.4 Å². The minimum atomic E-state index is -4.32. The third-order valence-corrected chi connectivity index (χ3v) is 4.38. The summed E-state index contributed by atoms with van der Waals surface area (Å²) in [5, 5.41) is 3.25. The molecule has 4 heteroatoms. The second-order valence-electron chi connectivity index (χ2n) is 6.08. The molecule has 2 aromatic carbocycles. The maximum atomic E-state index is 13.2. The fourth-order valence-corrected chi connectivity index (χ4v) is 3.20. The Balaban J connectivity index is 1.85. The molecular formula is C19H20F3N. The van der Waals surface area contributed by atoms with Gasteiger partial charge in [0.2, 0.25) is 0 Å². The van der Waals surface area contributed by atoms with Crippen LogP contribution in [0, 0.1) is 0 Å². The van der Waals surface area contributed by atoms with Crippen molar-refractivity contribution in [3.63, 3.8) is 0 Å². The van der Waals surface area contributed by atoms with E-state index >= 15 is 0 Å². The van der Waals surface area contributed by atoms with Crippen molar-refractivity contribution in [2.45, 2.75) is 44.8 Å². The molecule has 1 heterocycles. The normalized spacial score (nSPS) is 17.0. The fraction of sp³-hybridized carbons (Fsp3) is 0.368. The van der Waals surface area contributed by atoms with Gasteiger partial charge in [0, 0.05) is 5.69 Å². The van der Waals surface area contributed by atoms with Crippen LogP contribution in [0.1, 0.15) is 48.1 Å². The summed E-state index contributed by atoms with van der Waals surface area (Å²) < 4.78 is 39.6. The Hall–Kier alpha value is -1.97. The average molecular weight is 319 g/mol. The first-order chi connectivity index (χ1) is 11.0. The molecule has 1 atom stereocenters. The smallest absolute Gasteiger partial charge is 0.378 e. The maximum absolute atomic E-state index is 13.2. The molecule has 0 fully saturated rings. The highest BCUT2D eigenvalue weighted by Crippen LogP contribution is 2.40. The summed E-state index contributed by atoms with van der Waals surface area (Å²) in [6.45, 7) is 2.15. The van der Waals surface area contributed by atoms with Crippen LogP contribution in [0.3, 0.4) is 0 Å². The number of fused-ring (bicyclic) bond motifs is 1. The molecule has 0 radical (unpaired) electrons. The number of hydrogen-bond donors (Lipinski definition) is 1. The fourth-order valence-electron chi connectivity index (χ4n) is 3.20. The van der Waals surface area contributed by atoms with Crippen LogP contribution in [0.15, 0.2) is 42.5 Å². The molecule has 0 aromatic heterocycles. The minimum absolute atomic E-state index is 0.316. The Morgan fingerprint density at radius 1 is 1.13 bits per heavy atom. The zero-order chi connectivity index (χ0) is 16.4. The monoisotopic (exact) mass is 319 g/mol. The average Bonchev–Trinajstić information content (AvgIpc) is 2.95. The number of halogens is 3. The molecule has 0 amide bonds.